The maximum absolute atomic E-state index is 12.9. The number of fused-ring (bicyclic) bond motifs is 1. The second-order valence-corrected chi connectivity index (χ2v) is 10.3. The number of amides is 1. The number of morpholine rings is 1. The van der Waals surface area contributed by atoms with Crippen LogP contribution in [0.3, 0.4) is 0 Å². The fraction of sp³-hybridized carbons (Fsp3) is 0.552. The number of anilines is 1. The van der Waals surface area contributed by atoms with Gasteiger partial charge in [-0.1, -0.05) is 37.8 Å². The molecule has 2 bridgehead atoms. The van der Waals surface area contributed by atoms with E-state index in [9.17, 15) is 9.90 Å². The largest absolute Gasteiger partial charge is 0.393 e. The van der Waals surface area contributed by atoms with Crippen molar-refractivity contribution in [2.45, 2.75) is 70.4 Å². The number of aryl methyl sites for hydroxylation is 1. The number of carbonyl (C=O) groups is 1. The molecule has 2 aliphatic rings. The molecular weight excluding hydrogens is 466 g/mol. The summed E-state index contributed by atoms with van der Waals surface area (Å²) in [5.74, 6) is 0.725. The van der Waals surface area contributed by atoms with Gasteiger partial charge in [-0.05, 0) is 49.8 Å². The standard InChI is InChI=1S/C29H39N5O3/c35-24-8-4-2-1-3-6-14-30-29-31-20-25-26(21-34(27(25)32-29)15-7-5-9-24)22-10-12-23(13-11-22)28(36)33-16-18-37-19-17-33/h10-13,20-21,24,35H,1-9,14-19H2,(H,30,31,32). The molecule has 0 radical (unpaired) electrons. The van der Waals surface area contributed by atoms with Crippen molar-refractivity contribution in [1.82, 2.24) is 19.4 Å². The van der Waals surface area contributed by atoms with Gasteiger partial charge in [-0.3, -0.25) is 4.79 Å². The van der Waals surface area contributed by atoms with E-state index in [0.29, 0.717) is 37.8 Å². The molecule has 0 saturated carbocycles. The molecule has 198 valence electrons. The number of rotatable bonds is 2. The van der Waals surface area contributed by atoms with Gasteiger partial charge in [0.2, 0.25) is 5.95 Å². The maximum Gasteiger partial charge on any atom is 0.254 e. The van der Waals surface area contributed by atoms with E-state index in [1.807, 2.05) is 35.4 Å². The number of benzene rings is 1. The number of hydrogen-bond donors (Lipinski definition) is 2. The van der Waals surface area contributed by atoms with E-state index in [1.54, 1.807) is 0 Å². The lowest BCUT2D eigenvalue weighted by molar-refractivity contribution is 0.0303. The molecule has 0 aliphatic carbocycles. The van der Waals surface area contributed by atoms with E-state index in [2.05, 4.69) is 21.1 Å². The molecule has 5 rings (SSSR count). The van der Waals surface area contributed by atoms with Crippen LogP contribution < -0.4 is 5.32 Å². The number of aromatic nitrogens is 3. The summed E-state index contributed by atoms with van der Waals surface area (Å²) in [5.41, 5.74) is 3.74. The summed E-state index contributed by atoms with van der Waals surface area (Å²) in [4.78, 5) is 24.2. The first-order valence-corrected chi connectivity index (χ1v) is 13.9. The van der Waals surface area contributed by atoms with Gasteiger partial charge in [0, 0.05) is 55.1 Å². The van der Waals surface area contributed by atoms with Gasteiger partial charge in [0.25, 0.3) is 5.91 Å². The van der Waals surface area contributed by atoms with Crippen LogP contribution in [0.15, 0.2) is 36.7 Å². The Kier molecular flexibility index (Phi) is 8.68. The van der Waals surface area contributed by atoms with Crippen LogP contribution in [0, 0.1) is 0 Å². The van der Waals surface area contributed by atoms with Crippen molar-refractivity contribution in [3.63, 3.8) is 0 Å². The third-order valence-electron chi connectivity index (χ3n) is 7.54. The third-order valence-corrected chi connectivity index (χ3v) is 7.54. The number of carbonyl (C=O) groups excluding carboxylic acids is 1. The molecule has 1 atom stereocenters. The topological polar surface area (TPSA) is 92.5 Å². The van der Waals surface area contributed by atoms with Crippen molar-refractivity contribution in [2.75, 3.05) is 38.2 Å². The third kappa shape index (κ3) is 6.48. The zero-order valence-electron chi connectivity index (χ0n) is 21.7. The highest BCUT2D eigenvalue weighted by Gasteiger charge is 2.19. The normalized spacial score (nSPS) is 20.5. The highest BCUT2D eigenvalue weighted by molar-refractivity contribution is 5.97. The van der Waals surface area contributed by atoms with E-state index in [0.717, 1.165) is 73.8 Å². The number of hydrogen-bond acceptors (Lipinski definition) is 6. The minimum absolute atomic E-state index is 0.0539. The summed E-state index contributed by atoms with van der Waals surface area (Å²) >= 11 is 0. The van der Waals surface area contributed by atoms with Gasteiger partial charge in [-0.2, -0.15) is 4.98 Å². The molecule has 4 heterocycles. The predicted molar refractivity (Wildman–Crippen MR) is 146 cm³/mol. The van der Waals surface area contributed by atoms with E-state index in [1.165, 1.54) is 19.3 Å². The molecular formula is C29H39N5O3. The van der Waals surface area contributed by atoms with Crippen LogP contribution >= 0.6 is 0 Å². The van der Waals surface area contributed by atoms with Crippen LogP contribution in [0.4, 0.5) is 5.95 Å². The molecule has 1 fully saturated rings. The minimum atomic E-state index is -0.193. The maximum atomic E-state index is 12.9. The Morgan fingerprint density at radius 1 is 0.946 bits per heavy atom. The molecule has 8 nitrogen and oxygen atoms in total. The zero-order chi connectivity index (χ0) is 25.5. The summed E-state index contributed by atoms with van der Waals surface area (Å²) < 4.78 is 7.59. The van der Waals surface area contributed by atoms with Crippen molar-refractivity contribution in [3.05, 3.63) is 42.2 Å². The van der Waals surface area contributed by atoms with Crippen molar-refractivity contribution < 1.29 is 14.6 Å². The monoisotopic (exact) mass is 505 g/mol. The SMILES string of the molecule is O=C(c1ccc(-c2cn3c4nc(ncc24)NCCCCCCCC(O)CCCC3)cc1)N1CCOCC1. The minimum Gasteiger partial charge on any atom is -0.393 e. The van der Waals surface area contributed by atoms with Gasteiger partial charge in [-0.15, -0.1) is 0 Å². The average Bonchev–Trinajstić information content (AvgIpc) is 3.30. The smallest absolute Gasteiger partial charge is 0.254 e. The number of aliphatic hydroxyl groups is 1. The highest BCUT2D eigenvalue weighted by atomic mass is 16.5. The molecule has 1 saturated heterocycles. The van der Waals surface area contributed by atoms with Gasteiger partial charge in [0.15, 0.2) is 0 Å². The molecule has 37 heavy (non-hydrogen) atoms. The Morgan fingerprint density at radius 2 is 1.68 bits per heavy atom. The molecule has 1 unspecified atom stereocenters. The molecule has 1 aromatic carbocycles. The average molecular weight is 506 g/mol. The van der Waals surface area contributed by atoms with Crippen LogP contribution in [0.2, 0.25) is 0 Å². The summed E-state index contributed by atoms with van der Waals surface area (Å²) in [7, 11) is 0. The first-order valence-electron chi connectivity index (χ1n) is 13.9. The van der Waals surface area contributed by atoms with Crippen molar-refractivity contribution in [1.29, 1.82) is 0 Å². The Labute approximate surface area is 219 Å². The Hall–Kier alpha value is -2.97. The van der Waals surface area contributed by atoms with Gasteiger partial charge >= 0.3 is 0 Å². The lowest BCUT2D eigenvalue weighted by Gasteiger charge is -2.26. The summed E-state index contributed by atoms with van der Waals surface area (Å²) in [6.07, 6.45) is 13.4. The lowest BCUT2D eigenvalue weighted by Crippen LogP contribution is -2.40. The first-order chi connectivity index (χ1) is 18.2. The van der Waals surface area contributed by atoms with Gasteiger partial charge in [0.05, 0.1) is 19.3 Å². The quantitative estimate of drug-likeness (QED) is 0.516. The van der Waals surface area contributed by atoms with Crippen LogP contribution in [-0.2, 0) is 11.3 Å². The molecule has 1 amide bonds. The van der Waals surface area contributed by atoms with Gasteiger partial charge < -0.3 is 24.6 Å². The van der Waals surface area contributed by atoms with E-state index in [4.69, 9.17) is 9.72 Å². The second-order valence-electron chi connectivity index (χ2n) is 10.3. The molecule has 2 aliphatic heterocycles. The molecule has 2 N–H and O–H groups in total. The molecule has 3 aromatic rings. The van der Waals surface area contributed by atoms with Crippen molar-refractivity contribution in [2.24, 2.45) is 0 Å². The highest BCUT2D eigenvalue weighted by Crippen LogP contribution is 2.31. The number of aliphatic hydroxyl groups excluding tert-OH is 1. The first kappa shape index (κ1) is 25.7. The van der Waals surface area contributed by atoms with Crippen LogP contribution in [0.5, 0.6) is 0 Å². The van der Waals surface area contributed by atoms with Crippen LogP contribution in [0.1, 0.15) is 68.1 Å². The number of nitrogens with zero attached hydrogens (tertiary/aromatic N) is 4. The summed E-state index contributed by atoms with van der Waals surface area (Å²) in [6.45, 7) is 4.17. The lowest BCUT2D eigenvalue weighted by atomic mass is 10.0. The van der Waals surface area contributed by atoms with Crippen molar-refractivity contribution in [3.8, 4) is 11.1 Å². The van der Waals surface area contributed by atoms with E-state index < -0.39 is 0 Å². The van der Waals surface area contributed by atoms with Gasteiger partial charge in [-0.25, -0.2) is 4.98 Å². The predicted octanol–water partition coefficient (Wildman–Crippen LogP) is 4.87. The van der Waals surface area contributed by atoms with E-state index in [-0.39, 0.29) is 12.0 Å². The van der Waals surface area contributed by atoms with Crippen molar-refractivity contribution >= 4 is 22.9 Å². The van der Waals surface area contributed by atoms with Crippen LogP contribution in [-0.4, -0.2) is 69.4 Å². The molecule has 0 spiro atoms. The Morgan fingerprint density at radius 3 is 2.49 bits per heavy atom. The van der Waals surface area contributed by atoms with Gasteiger partial charge in [0.1, 0.15) is 5.65 Å². The number of ether oxygens (including phenoxy) is 1. The second kappa shape index (κ2) is 12.5. The Bertz CT molecular complexity index is 1170. The summed E-state index contributed by atoms with van der Waals surface area (Å²) in [6, 6.07) is 7.87. The summed E-state index contributed by atoms with van der Waals surface area (Å²) in [5, 5.41) is 14.8. The van der Waals surface area contributed by atoms with Crippen LogP contribution in [0.25, 0.3) is 22.2 Å². The zero-order valence-corrected chi connectivity index (χ0v) is 21.7. The Balaban J connectivity index is 1.38. The fourth-order valence-electron chi connectivity index (χ4n) is 5.34. The van der Waals surface area contributed by atoms with E-state index >= 15 is 0 Å². The fourth-order valence-corrected chi connectivity index (χ4v) is 5.34. The molecule has 2 aromatic heterocycles. The number of nitrogens with one attached hydrogen (secondary N) is 1. The molecule has 8 heteroatoms.